The lowest BCUT2D eigenvalue weighted by Gasteiger charge is -2.50. The van der Waals surface area contributed by atoms with Gasteiger partial charge in [0, 0.05) is 18.9 Å². The Morgan fingerprint density at radius 3 is 2.71 bits per heavy atom. The van der Waals surface area contributed by atoms with Gasteiger partial charge >= 0.3 is 5.97 Å². The third-order valence-corrected chi connectivity index (χ3v) is 4.47. The third kappa shape index (κ3) is 2.11. The number of hydrogen-bond acceptors (Lipinski definition) is 5. The van der Waals surface area contributed by atoms with Crippen molar-refractivity contribution in [3.63, 3.8) is 0 Å². The van der Waals surface area contributed by atoms with E-state index in [9.17, 15) is 14.4 Å². The van der Waals surface area contributed by atoms with Gasteiger partial charge in [-0.05, 0) is 26.0 Å². The number of rotatable bonds is 4. The van der Waals surface area contributed by atoms with E-state index in [0.717, 1.165) is 0 Å². The molecule has 1 saturated heterocycles. The van der Waals surface area contributed by atoms with E-state index in [4.69, 9.17) is 9.84 Å². The van der Waals surface area contributed by atoms with Gasteiger partial charge in [-0.15, -0.1) is 0 Å². The van der Waals surface area contributed by atoms with Gasteiger partial charge in [-0.1, -0.05) is 12.1 Å². The van der Waals surface area contributed by atoms with Crippen LogP contribution in [0.2, 0.25) is 0 Å². The summed E-state index contributed by atoms with van der Waals surface area (Å²) in [5.74, 6) is -1.20. The van der Waals surface area contributed by atoms with E-state index in [1.54, 1.807) is 38.1 Å². The second kappa shape index (κ2) is 5.90. The first-order chi connectivity index (χ1) is 11.4. The number of anilines is 1. The minimum Gasteiger partial charge on any atom is -0.460 e. The summed E-state index contributed by atoms with van der Waals surface area (Å²) in [7, 11) is 0. The number of para-hydroxylation sites is 1. The van der Waals surface area contributed by atoms with Crippen molar-refractivity contribution in [2.75, 3.05) is 18.1 Å². The van der Waals surface area contributed by atoms with Crippen molar-refractivity contribution in [2.24, 2.45) is 0 Å². The number of esters is 1. The van der Waals surface area contributed by atoms with Crippen molar-refractivity contribution >= 4 is 23.5 Å². The molecule has 1 atom stereocenters. The number of hydrogen-bond donors (Lipinski definition) is 1. The van der Waals surface area contributed by atoms with E-state index < -0.39 is 11.6 Å². The van der Waals surface area contributed by atoms with Crippen LogP contribution in [0, 0.1) is 0 Å². The Bertz CT molecular complexity index is 702. The monoisotopic (exact) mass is 332 g/mol. The largest absolute Gasteiger partial charge is 0.460 e. The minimum absolute atomic E-state index is 0.152. The Morgan fingerprint density at radius 1 is 1.33 bits per heavy atom. The predicted octanol–water partition coefficient (Wildman–Crippen LogP) is 0.909. The van der Waals surface area contributed by atoms with E-state index in [1.165, 1.54) is 9.80 Å². The Morgan fingerprint density at radius 2 is 2.04 bits per heavy atom. The molecular weight excluding hydrogens is 312 g/mol. The number of amides is 2. The lowest BCUT2D eigenvalue weighted by atomic mass is 9.95. The molecular formula is C17H20N2O5. The smallest absolute Gasteiger partial charge is 0.353 e. The highest BCUT2D eigenvalue weighted by Gasteiger charge is 2.62. The summed E-state index contributed by atoms with van der Waals surface area (Å²) in [6.07, 6.45) is 0.327. The maximum absolute atomic E-state index is 13.0. The molecule has 1 fully saturated rings. The van der Waals surface area contributed by atoms with Gasteiger partial charge in [-0.25, -0.2) is 4.79 Å². The lowest BCUT2D eigenvalue weighted by molar-refractivity contribution is -0.159. The van der Waals surface area contributed by atoms with E-state index in [1.807, 2.05) is 0 Å². The van der Waals surface area contributed by atoms with E-state index in [0.29, 0.717) is 11.3 Å². The molecule has 0 saturated carbocycles. The highest BCUT2D eigenvalue weighted by atomic mass is 16.5. The Hall–Kier alpha value is -2.41. The first-order valence-electron chi connectivity index (χ1n) is 7.99. The molecule has 24 heavy (non-hydrogen) atoms. The van der Waals surface area contributed by atoms with E-state index in [2.05, 4.69) is 0 Å². The number of fused-ring (bicyclic) bond motifs is 3. The van der Waals surface area contributed by atoms with Crippen LogP contribution in [0.4, 0.5) is 5.69 Å². The molecule has 0 aromatic heterocycles. The molecule has 2 aliphatic heterocycles. The number of aliphatic hydroxyl groups excluding tert-OH is 1. The molecule has 128 valence electrons. The van der Waals surface area contributed by atoms with Crippen LogP contribution in [0.15, 0.2) is 24.3 Å². The van der Waals surface area contributed by atoms with E-state index >= 15 is 0 Å². The number of aliphatic hydroxyl groups is 1. The van der Waals surface area contributed by atoms with Crippen molar-refractivity contribution in [1.82, 2.24) is 4.90 Å². The molecule has 2 amide bonds. The van der Waals surface area contributed by atoms with Crippen LogP contribution in [0.3, 0.4) is 0 Å². The molecule has 3 rings (SSSR count). The zero-order valence-electron chi connectivity index (χ0n) is 13.7. The van der Waals surface area contributed by atoms with Crippen LogP contribution in [-0.4, -0.2) is 52.7 Å². The zero-order valence-corrected chi connectivity index (χ0v) is 13.7. The fraction of sp³-hybridized carbons (Fsp3) is 0.471. The summed E-state index contributed by atoms with van der Waals surface area (Å²) < 4.78 is 5.15. The van der Waals surface area contributed by atoms with Gasteiger partial charge in [-0.2, -0.15) is 0 Å². The number of benzene rings is 1. The van der Waals surface area contributed by atoms with Crippen molar-refractivity contribution in [3.05, 3.63) is 29.8 Å². The maximum atomic E-state index is 13.0. The Labute approximate surface area is 139 Å². The number of carbonyl (C=O) groups is 3. The highest BCUT2D eigenvalue weighted by Crippen LogP contribution is 2.45. The van der Waals surface area contributed by atoms with Gasteiger partial charge in [0.15, 0.2) is 0 Å². The van der Waals surface area contributed by atoms with Crippen LogP contribution in [-0.2, 0) is 14.3 Å². The Balaban J connectivity index is 2.21. The SMILES string of the molecule is CC(C)N1C(=O)c2ccccc2N2C(=O)CCC21C(=O)OCCO. The summed E-state index contributed by atoms with van der Waals surface area (Å²) in [6, 6.07) is 6.48. The molecule has 1 aromatic carbocycles. The zero-order chi connectivity index (χ0) is 17.5. The van der Waals surface area contributed by atoms with Crippen LogP contribution in [0.5, 0.6) is 0 Å². The van der Waals surface area contributed by atoms with Gasteiger partial charge in [0.2, 0.25) is 11.6 Å². The average molecular weight is 332 g/mol. The molecule has 1 N–H and O–H groups in total. The second-order valence-corrected chi connectivity index (χ2v) is 6.19. The predicted molar refractivity (Wildman–Crippen MR) is 85.2 cm³/mol. The summed E-state index contributed by atoms with van der Waals surface area (Å²) in [4.78, 5) is 41.3. The minimum atomic E-state index is -1.48. The first-order valence-corrected chi connectivity index (χ1v) is 7.99. The van der Waals surface area contributed by atoms with Crippen molar-refractivity contribution in [3.8, 4) is 0 Å². The van der Waals surface area contributed by atoms with Crippen molar-refractivity contribution in [2.45, 2.75) is 38.4 Å². The molecule has 0 spiro atoms. The van der Waals surface area contributed by atoms with Crippen LogP contribution >= 0.6 is 0 Å². The molecule has 1 aromatic rings. The van der Waals surface area contributed by atoms with Gasteiger partial charge in [0.05, 0.1) is 17.9 Å². The maximum Gasteiger partial charge on any atom is 0.353 e. The fourth-order valence-corrected chi connectivity index (χ4v) is 3.63. The number of ether oxygens (including phenoxy) is 1. The molecule has 2 aliphatic rings. The first kappa shape index (κ1) is 16.4. The second-order valence-electron chi connectivity index (χ2n) is 6.19. The summed E-state index contributed by atoms with van der Waals surface area (Å²) in [5.41, 5.74) is -0.652. The Kier molecular flexibility index (Phi) is 4.04. The molecule has 1 unspecified atom stereocenters. The van der Waals surface area contributed by atoms with Gasteiger partial charge < -0.3 is 14.7 Å². The van der Waals surface area contributed by atoms with Crippen LogP contribution < -0.4 is 4.90 Å². The van der Waals surface area contributed by atoms with Crippen molar-refractivity contribution < 1.29 is 24.2 Å². The summed E-state index contributed by atoms with van der Waals surface area (Å²) in [6.45, 7) is 3.11. The van der Waals surface area contributed by atoms with Crippen LogP contribution in [0.25, 0.3) is 0 Å². The normalized spacial score (nSPS) is 22.7. The summed E-state index contributed by atoms with van der Waals surface area (Å²) >= 11 is 0. The highest BCUT2D eigenvalue weighted by molar-refractivity contribution is 6.15. The topological polar surface area (TPSA) is 87.2 Å². The van der Waals surface area contributed by atoms with E-state index in [-0.39, 0.29) is 43.9 Å². The van der Waals surface area contributed by atoms with Crippen molar-refractivity contribution in [1.29, 1.82) is 0 Å². The third-order valence-electron chi connectivity index (χ3n) is 4.47. The number of carbonyl (C=O) groups excluding carboxylic acids is 3. The summed E-state index contributed by atoms with van der Waals surface area (Å²) in [5, 5.41) is 8.95. The van der Waals surface area contributed by atoms with Gasteiger partial charge in [0.1, 0.15) is 6.61 Å². The van der Waals surface area contributed by atoms with Crippen LogP contribution in [0.1, 0.15) is 37.0 Å². The number of nitrogens with zero attached hydrogens (tertiary/aromatic N) is 2. The lowest BCUT2D eigenvalue weighted by Crippen LogP contribution is -2.70. The molecule has 0 radical (unpaired) electrons. The quantitative estimate of drug-likeness (QED) is 0.828. The molecule has 7 heteroatoms. The molecule has 7 nitrogen and oxygen atoms in total. The molecule has 0 bridgehead atoms. The molecule has 0 aliphatic carbocycles. The fourth-order valence-electron chi connectivity index (χ4n) is 3.63. The van der Waals surface area contributed by atoms with Gasteiger partial charge in [0.25, 0.3) is 5.91 Å². The average Bonchev–Trinajstić information content (AvgIpc) is 2.91. The molecule has 2 heterocycles. The van der Waals surface area contributed by atoms with Gasteiger partial charge in [-0.3, -0.25) is 14.5 Å². The standard InChI is InChI=1S/C17H20N2O5/c1-11(2)18-15(22)12-5-3-4-6-13(12)19-14(21)7-8-17(18,19)16(23)24-10-9-20/h3-6,11,20H,7-10H2,1-2H3.